The molecule has 8 N–H and O–H groups in total. The molecule has 39 heavy (non-hydrogen) atoms. The monoisotopic (exact) mass is 529 g/mol. The second-order valence-electron chi connectivity index (χ2n) is 8.81. The Kier molecular flexibility index (Phi) is 7.85. The number of nitrogens with one attached hydrogen (secondary N) is 2. The van der Waals surface area contributed by atoms with Crippen molar-refractivity contribution in [1.82, 2.24) is 20.3 Å². The minimum absolute atomic E-state index is 0.0393. The van der Waals surface area contributed by atoms with Crippen LogP contribution < -0.4 is 22.1 Å². The number of aryl methyl sites for hydroxylation is 1. The van der Waals surface area contributed by atoms with E-state index in [-0.39, 0.29) is 30.2 Å². The third-order valence-electron chi connectivity index (χ3n) is 6.13. The Balaban J connectivity index is 1.57. The molecule has 0 aliphatic heterocycles. The van der Waals surface area contributed by atoms with Gasteiger partial charge in [-0.25, -0.2) is 9.78 Å². The van der Waals surface area contributed by atoms with Gasteiger partial charge in [0, 0.05) is 41.0 Å². The number of pyridine rings is 1. The first-order valence-electron chi connectivity index (χ1n) is 12.0. The number of anilines is 3. The van der Waals surface area contributed by atoms with Gasteiger partial charge >= 0.3 is 11.9 Å². The Morgan fingerprint density at radius 1 is 0.949 bits per heavy atom. The largest absolute Gasteiger partial charge is 0.481 e. The number of benzene rings is 2. The molecule has 0 unspecified atom stereocenters. The lowest BCUT2D eigenvalue weighted by molar-refractivity contribution is -0.140. The van der Waals surface area contributed by atoms with Gasteiger partial charge in [-0.15, -0.1) is 0 Å². The van der Waals surface area contributed by atoms with Gasteiger partial charge in [-0.05, 0) is 43.2 Å². The van der Waals surface area contributed by atoms with Crippen LogP contribution in [0.5, 0.6) is 0 Å². The Morgan fingerprint density at radius 3 is 2.28 bits per heavy atom. The number of carboxylic acid groups (broad SMARTS) is 2. The highest BCUT2D eigenvalue weighted by atomic mass is 16.4. The van der Waals surface area contributed by atoms with Crippen molar-refractivity contribution in [3.8, 4) is 11.1 Å². The highest BCUT2D eigenvalue weighted by Crippen LogP contribution is 2.35. The summed E-state index contributed by atoms with van der Waals surface area (Å²) in [5.74, 6) is -2.79. The SMILES string of the molecule is Cc1nc2nc(N)nc(N)c2c(-c2ccccc2)c1CNc1ccc(C(=O)N[C@@H](CCC(=O)O)C(=O)O)cc1. The maximum Gasteiger partial charge on any atom is 0.326 e. The van der Waals surface area contributed by atoms with Crippen molar-refractivity contribution in [2.45, 2.75) is 32.4 Å². The minimum Gasteiger partial charge on any atom is -0.481 e. The normalized spacial score (nSPS) is 11.6. The molecule has 1 amide bonds. The van der Waals surface area contributed by atoms with Crippen LogP contribution in [0.25, 0.3) is 22.2 Å². The van der Waals surface area contributed by atoms with Gasteiger partial charge < -0.3 is 32.3 Å². The number of carboxylic acids is 2. The summed E-state index contributed by atoms with van der Waals surface area (Å²) >= 11 is 0. The number of nitrogens with two attached hydrogens (primary N) is 2. The van der Waals surface area contributed by atoms with Crippen LogP contribution >= 0.6 is 0 Å². The van der Waals surface area contributed by atoms with Gasteiger partial charge in [0.15, 0.2) is 5.65 Å². The van der Waals surface area contributed by atoms with Gasteiger partial charge in [0.25, 0.3) is 5.91 Å². The fraction of sp³-hybridized carbons (Fsp3) is 0.185. The number of fused-ring (bicyclic) bond motifs is 1. The molecule has 0 aliphatic carbocycles. The third-order valence-corrected chi connectivity index (χ3v) is 6.13. The second kappa shape index (κ2) is 11.4. The van der Waals surface area contributed by atoms with Crippen molar-refractivity contribution in [3.05, 3.63) is 71.4 Å². The maximum absolute atomic E-state index is 12.5. The van der Waals surface area contributed by atoms with Crippen molar-refractivity contribution in [2.24, 2.45) is 0 Å². The summed E-state index contributed by atoms with van der Waals surface area (Å²) < 4.78 is 0. The summed E-state index contributed by atoms with van der Waals surface area (Å²) in [5, 5.41) is 24.4. The number of carbonyl (C=O) groups excluding carboxylic acids is 1. The minimum atomic E-state index is -1.31. The van der Waals surface area contributed by atoms with Crippen LogP contribution in [0.2, 0.25) is 0 Å². The van der Waals surface area contributed by atoms with E-state index in [1.54, 1.807) is 24.3 Å². The Hall–Kier alpha value is -5.26. The average molecular weight is 530 g/mol. The molecule has 4 aromatic rings. The number of aromatic nitrogens is 3. The third kappa shape index (κ3) is 6.18. The van der Waals surface area contributed by atoms with E-state index in [0.29, 0.717) is 23.3 Å². The van der Waals surface area contributed by atoms with Crippen molar-refractivity contribution >= 4 is 46.3 Å². The average Bonchev–Trinajstić information content (AvgIpc) is 2.89. The highest BCUT2D eigenvalue weighted by Gasteiger charge is 2.22. The Morgan fingerprint density at radius 2 is 1.64 bits per heavy atom. The summed E-state index contributed by atoms with van der Waals surface area (Å²) in [5.41, 5.74) is 16.7. The van der Waals surface area contributed by atoms with Crippen LogP contribution in [0.3, 0.4) is 0 Å². The van der Waals surface area contributed by atoms with E-state index in [1.807, 2.05) is 37.3 Å². The molecule has 0 saturated carbocycles. The van der Waals surface area contributed by atoms with Crippen molar-refractivity contribution in [3.63, 3.8) is 0 Å². The smallest absolute Gasteiger partial charge is 0.326 e. The van der Waals surface area contributed by atoms with Crippen molar-refractivity contribution in [2.75, 3.05) is 16.8 Å². The van der Waals surface area contributed by atoms with Gasteiger partial charge in [-0.3, -0.25) is 9.59 Å². The molecular formula is C27H27N7O5. The van der Waals surface area contributed by atoms with E-state index >= 15 is 0 Å². The topological polar surface area (TPSA) is 206 Å². The first-order chi connectivity index (χ1) is 18.6. The predicted molar refractivity (Wildman–Crippen MR) is 146 cm³/mol. The number of hydrogen-bond donors (Lipinski definition) is 6. The van der Waals surface area contributed by atoms with Crippen molar-refractivity contribution in [1.29, 1.82) is 0 Å². The molecule has 0 saturated heterocycles. The van der Waals surface area contributed by atoms with Gasteiger partial charge in [0.2, 0.25) is 5.95 Å². The van der Waals surface area contributed by atoms with Crippen LogP contribution in [-0.2, 0) is 16.1 Å². The number of aliphatic carboxylic acids is 2. The first-order valence-corrected chi connectivity index (χ1v) is 12.0. The molecular weight excluding hydrogens is 502 g/mol. The zero-order chi connectivity index (χ0) is 28.1. The van der Waals surface area contributed by atoms with E-state index in [2.05, 4.69) is 25.6 Å². The standard InChI is InChI=1S/C27H27N7O5/c1-14-18(21(15-5-3-2-4-6-15)22-23(28)33-27(29)34-24(22)31-14)13-30-17-9-7-16(8-10-17)25(37)32-19(26(38)39)11-12-20(35)36/h2-10,19,30H,11-13H2,1H3,(H,32,37)(H,35,36)(H,38,39)(H4,28,29,31,33,34)/t19-/m0/s1. The zero-order valence-electron chi connectivity index (χ0n) is 21.0. The van der Waals surface area contributed by atoms with Gasteiger partial charge in [-0.2, -0.15) is 9.97 Å². The van der Waals surface area contributed by atoms with Crippen LogP contribution in [0, 0.1) is 6.92 Å². The number of nitrogen functional groups attached to an aromatic ring is 2. The molecule has 0 bridgehead atoms. The lowest BCUT2D eigenvalue weighted by Gasteiger charge is -2.18. The summed E-state index contributed by atoms with van der Waals surface area (Å²) in [6, 6.07) is 14.8. The first kappa shape index (κ1) is 26.8. The number of carbonyl (C=O) groups is 3. The van der Waals surface area contributed by atoms with Crippen LogP contribution in [-0.4, -0.2) is 49.1 Å². The molecule has 12 heteroatoms. The van der Waals surface area contributed by atoms with Gasteiger partial charge in [0.1, 0.15) is 11.9 Å². The molecule has 0 radical (unpaired) electrons. The fourth-order valence-corrected chi connectivity index (χ4v) is 4.20. The van der Waals surface area contributed by atoms with E-state index < -0.39 is 23.9 Å². The number of nitrogens with zero attached hydrogens (tertiary/aromatic N) is 3. The molecule has 0 aliphatic rings. The molecule has 4 rings (SSSR count). The lowest BCUT2D eigenvalue weighted by atomic mass is 9.95. The number of amides is 1. The molecule has 0 spiro atoms. The zero-order valence-corrected chi connectivity index (χ0v) is 21.0. The van der Waals surface area contributed by atoms with Crippen LogP contribution in [0.15, 0.2) is 54.6 Å². The summed E-state index contributed by atoms with van der Waals surface area (Å²) in [6.07, 6.45) is -0.597. The molecule has 2 aromatic carbocycles. The van der Waals surface area contributed by atoms with E-state index in [4.69, 9.17) is 16.6 Å². The molecule has 12 nitrogen and oxygen atoms in total. The highest BCUT2D eigenvalue weighted by molar-refractivity contribution is 6.02. The van der Waals surface area contributed by atoms with Gasteiger partial charge in [0.05, 0.1) is 5.39 Å². The van der Waals surface area contributed by atoms with Gasteiger partial charge in [-0.1, -0.05) is 30.3 Å². The number of hydrogen-bond acceptors (Lipinski definition) is 9. The van der Waals surface area contributed by atoms with E-state index in [1.165, 1.54) is 0 Å². The summed E-state index contributed by atoms with van der Waals surface area (Å²) in [7, 11) is 0. The van der Waals surface area contributed by atoms with Crippen LogP contribution in [0.1, 0.15) is 34.5 Å². The van der Waals surface area contributed by atoms with E-state index in [9.17, 15) is 19.5 Å². The van der Waals surface area contributed by atoms with E-state index in [0.717, 1.165) is 22.4 Å². The fourth-order valence-electron chi connectivity index (χ4n) is 4.20. The molecule has 1 atom stereocenters. The lowest BCUT2D eigenvalue weighted by Crippen LogP contribution is -2.41. The van der Waals surface area contributed by atoms with Crippen LogP contribution in [0.4, 0.5) is 17.5 Å². The Bertz CT molecular complexity index is 1540. The molecule has 0 fully saturated rings. The quantitative estimate of drug-likeness (QED) is 0.176. The van der Waals surface area contributed by atoms with Crippen molar-refractivity contribution < 1.29 is 24.6 Å². The summed E-state index contributed by atoms with van der Waals surface area (Å²) in [4.78, 5) is 47.7. The maximum atomic E-state index is 12.5. The molecule has 2 aromatic heterocycles. The number of rotatable bonds is 10. The molecule has 2 heterocycles. The Labute approximate surface area is 223 Å². The summed E-state index contributed by atoms with van der Waals surface area (Å²) in [6.45, 7) is 2.23. The molecule has 200 valence electrons. The predicted octanol–water partition coefficient (Wildman–Crippen LogP) is 2.82. The second-order valence-corrected chi connectivity index (χ2v) is 8.81.